The molecule has 2 bridgehead atoms. The van der Waals surface area contributed by atoms with Gasteiger partial charge in [0, 0.05) is 46.0 Å². The summed E-state index contributed by atoms with van der Waals surface area (Å²) in [5.74, 6) is 0.372. The fourth-order valence-corrected chi connectivity index (χ4v) is 5.08. The van der Waals surface area contributed by atoms with Gasteiger partial charge in [-0.15, -0.1) is 0 Å². The number of aryl methyl sites for hydroxylation is 1. The number of cyclic esters (lactones) is 1. The Hall–Kier alpha value is -3.49. The van der Waals surface area contributed by atoms with Gasteiger partial charge in [-0.05, 0) is 69.6 Å². The molecule has 0 saturated carbocycles. The largest absolute Gasteiger partial charge is 0.462 e. The Morgan fingerprint density at radius 1 is 1.21 bits per heavy atom. The second kappa shape index (κ2) is 18.9. The molecule has 2 aliphatic rings. The number of methoxy groups -OCH3 is 1. The van der Waals surface area contributed by atoms with Crippen molar-refractivity contribution in [3.63, 3.8) is 0 Å². The Morgan fingerprint density at radius 2 is 1.98 bits per heavy atom. The first-order valence-electron chi connectivity index (χ1n) is 15.0. The summed E-state index contributed by atoms with van der Waals surface area (Å²) in [5, 5.41) is 7.00. The van der Waals surface area contributed by atoms with Gasteiger partial charge < -0.3 is 23.7 Å². The summed E-state index contributed by atoms with van der Waals surface area (Å²) in [6, 6.07) is 0. The zero-order valence-corrected chi connectivity index (χ0v) is 26.7. The van der Waals surface area contributed by atoms with Crippen LogP contribution in [0.25, 0.3) is 6.08 Å². The molecule has 0 radical (unpaired) electrons. The molecule has 1 saturated heterocycles. The van der Waals surface area contributed by atoms with E-state index >= 15 is 0 Å². The van der Waals surface area contributed by atoms with E-state index in [2.05, 4.69) is 31.0 Å². The van der Waals surface area contributed by atoms with Gasteiger partial charge in [0.1, 0.15) is 24.2 Å². The van der Waals surface area contributed by atoms with E-state index in [1.165, 1.54) is 11.6 Å². The molecule has 5 atom stereocenters. The quantitative estimate of drug-likeness (QED) is 0.265. The third-order valence-corrected chi connectivity index (χ3v) is 7.55. The Bertz CT molecular complexity index is 1220. The molecule has 0 aromatic carbocycles. The zero-order chi connectivity index (χ0) is 31.8. The first kappa shape index (κ1) is 35.7. The maximum atomic E-state index is 12.8. The molecule has 2 aliphatic heterocycles. The maximum Gasteiger partial charge on any atom is 0.330 e. The van der Waals surface area contributed by atoms with Crippen molar-refractivity contribution in [2.75, 3.05) is 14.2 Å². The van der Waals surface area contributed by atoms with Crippen molar-refractivity contribution in [2.45, 2.75) is 91.5 Å². The van der Waals surface area contributed by atoms with Crippen molar-refractivity contribution in [1.29, 1.82) is 0 Å². The second-order valence-corrected chi connectivity index (χ2v) is 11.2. The number of esters is 2. The van der Waals surface area contributed by atoms with Crippen LogP contribution in [0, 0.1) is 18.8 Å². The van der Waals surface area contributed by atoms with Crippen molar-refractivity contribution < 1.29 is 33.3 Å². The Kier molecular flexibility index (Phi) is 15.7. The van der Waals surface area contributed by atoms with E-state index in [9.17, 15) is 9.59 Å². The monoisotopic (exact) mass is 595 g/mol. The number of allylic oxidation sites excluding steroid dienone is 8. The molecule has 1 aromatic rings. The van der Waals surface area contributed by atoms with E-state index in [0.29, 0.717) is 31.6 Å². The number of aromatic nitrogens is 1. The minimum absolute atomic E-state index is 0.123. The summed E-state index contributed by atoms with van der Waals surface area (Å²) in [7, 11) is 2.68. The van der Waals surface area contributed by atoms with Crippen LogP contribution in [-0.4, -0.2) is 54.6 Å². The molecular weight excluding hydrogens is 546 g/mol. The van der Waals surface area contributed by atoms with Crippen LogP contribution in [-0.2, 0) is 23.8 Å². The summed E-state index contributed by atoms with van der Waals surface area (Å²) >= 11 is 0. The number of nitrogens with zero attached hydrogens (tertiary/aromatic N) is 1. The number of hydrogen-bond donors (Lipinski definition) is 1. The van der Waals surface area contributed by atoms with Gasteiger partial charge in [-0.3, -0.25) is 4.79 Å². The van der Waals surface area contributed by atoms with Crippen LogP contribution >= 0.6 is 0 Å². The van der Waals surface area contributed by atoms with Crippen molar-refractivity contribution in [3.05, 3.63) is 83.2 Å². The maximum absolute atomic E-state index is 12.8. The SMILES string of the molecule is CO.COC(CC1CC/C(C)=C/C=C/C(C)[C@H]2C[C@@H](C/C=C/C(=O)O1)CC(=O)O2)/C(C)=C/C=C/C(C)=C/c1coc(C)n1. The molecule has 3 heterocycles. The molecule has 1 N–H and O–H groups in total. The molecule has 0 aliphatic carbocycles. The van der Waals surface area contributed by atoms with Crippen molar-refractivity contribution in [1.82, 2.24) is 4.98 Å². The Morgan fingerprint density at radius 3 is 2.67 bits per heavy atom. The third-order valence-electron chi connectivity index (χ3n) is 7.55. The molecule has 3 rings (SSSR count). The number of aliphatic hydroxyl groups excluding tert-OH is 1. The minimum Gasteiger partial charge on any atom is -0.462 e. The normalized spacial score (nSPS) is 27.7. The molecule has 0 amide bonds. The highest BCUT2D eigenvalue weighted by atomic mass is 16.5. The lowest BCUT2D eigenvalue weighted by Crippen LogP contribution is -2.33. The van der Waals surface area contributed by atoms with Gasteiger partial charge in [-0.1, -0.05) is 55.0 Å². The molecule has 1 fully saturated rings. The number of rotatable bonds is 7. The third kappa shape index (κ3) is 13.1. The predicted molar refractivity (Wildman–Crippen MR) is 169 cm³/mol. The van der Waals surface area contributed by atoms with E-state index in [-0.39, 0.29) is 42.1 Å². The fraction of sp³-hybridized carbons (Fsp3) is 0.514. The highest BCUT2D eigenvalue weighted by molar-refractivity contribution is 5.82. The van der Waals surface area contributed by atoms with Crippen LogP contribution in [0.15, 0.2) is 76.0 Å². The van der Waals surface area contributed by atoms with Crippen LogP contribution in [0.1, 0.15) is 77.8 Å². The molecule has 3 unspecified atom stereocenters. The Balaban J connectivity index is 0.00000316. The molecule has 236 valence electrons. The highest BCUT2D eigenvalue weighted by Crippen LogP contribution is 2.29. The van der Waals surface area contributed by atoms with E-state index < -0.39 is 0 Å². The first-order valence-corrected chi connectivity index (χ1v) is 15.0. The van der Waals surface area contributed by atoms with Crippen LogP contribution in [0.3, 0.4) is 0 Å². The van der Waals surface area contributed by atoms with Gasteiger partial charge in [-0.2, -0.15) is 0 Å². The summed E-state index contributed by atoms with van der Waals surface area (Å²) in [6.07, 6.45) is 22.3. The van der Waals surface area contributed by atoms with Gasteiger partial charge >= 0.3 is 11.9 Å². The number of fused-ring (bicyclic) bond motifs is 2. The van der Waals surface area contributed by atoms with Crippen molar-refractivity contribution >= 4 is 18.0 Å². The van der Waals surface area contributed by atoms with Crippen LogP contribution in [0.4, 0.5) is 0 Å². The molecule has 8 heteroatoms. The average molecular weight is 596 g/mol. The van der Waals surface area contributed by atoms with Gasteiger partial charge in [0.05, 0.1) is 6.10 Å². The lowest BCUT2D eigenvalue weighted by molar-refractivity contribution is -0.158. The molecule has 0 spiro atoms. The fourth-order valence-electron chi connectivity index (χ4n) is 5.08. The molecule has 1 aromatic heterocycles. The van der Waals surface area contributed by atoms with Crippen LogP contribution in [0.5, 0.6) is 0 Å². The Labute approximate surface area is 256 Å². The smallest absolute Gasteiger partial charge is 0.330 e. The molecular formula is C35H49NO7. The van der Waals surface area contributed by atoms with E-state index in [1.807, 2.05) is 57.2 Å². The predicted octanol–water partition coefficient (Wildman–Crippen LogP) is 7.01. The van der Waals surface area contributed by atoms with E-state index in [4.69, 9.17) is 23.7 Å². The zero-order valence-electron chi connectivity index (χ0n) is 26.7. The van der Waals surface area contributed by atoms with Crippen LogP contribution in [0.2, 0.25) is 0 Å². The first-order chi connectivity index (χ1) is 20.6. The topological polar surface area (TPSA) is 108 Å². The van der Waals surface area contributed by atoms with Gasteiger partial charge in [0.25, 0.3) is 0 Å². The average Bonchev–Trinajstić information content (AvgIpc) is 3.38. The molecule has 43 heavy (non-hydrogen) atoms. The number of ether oxygens (including phenoxy) is 3. The van der Waals surface area contributed by atoms with Crippen LogP contribution < -0.4 is 0 Å². The summed E-state index contributed by atoms with van der Waals surface area (Å²) in [6.45, 7) is 10.0. The summed E-state index contributed by atoms with van der Waals surface area (Å²) in [5.41, 5.74) is 4.05. The summed E-state index contributed by atoms with van der Waals surface area (Å²) in [4.78, 5) is 29.3. The lowest BCUT2D eigenvalue weighted by Gasteiger charge is -2.31. The van der Waals surface area contributed by atoms with Crippen molar-refractivity contribution in [3.8, 4) is 0 Å². The number of aliphatic hydroxyl groups is 1. The standard InChI is InChI=1S/C34H45NO6.CH4O/c1-23-10-7-13-26(4)32-19-28(20-34(37)41-32)14-9-15-33(36)40-30(17-16-23)21-31(38-6)25(3)12-8-11-24(2)18-29-22-39-27(5)35-29;1-2/h7-13,15,18,22,26,28,30-32H,14,16-17,19-21H2,1-6H3;2H,1H3/b11-8+,13-7+,15-9+,23-10+,24-18+,25-12+;/t26?,28-,30?,31?,32-;/m1./s1. The number of carbonyl (C=O) groups excluding carboxylic acids is 2. The molecule has 8 nitrogen and oxygen atoms in total. The summed E-state index contributed by atoms with van der Waals surface area (Å²) < 4.78 is 22.6. The van der Waals surface area contributed by atoms with E-state index in [1.54, 1.807) is 13.4 Å². The minimum atomic E-state index is -0.368. The van der Waals surface area contributed by atoms with Gasteiger partial charge in [0.15, 0.2) is 5.89 Å². The second-order valence-electron chi connectivity index (χ2n) is 11.2. The number of hydrogen-bond acceptors (Lipinski definition) is 8. The highest BCUT2D eigenvalue weighted by Gasteiger charge is 2.30. The van der Waals surface area contributed by atoms with E-state index in [0.717, 1.165) is 36.8 Å². The number of oxazole rings is 1. The van der Waals surface area contributed by atoms with Crippen molar-refractivity contribution in [2.24, 2.45) is 11.8 Å². The lowest BCUT2D eigenvalue weighted by atomic mass is 9.87. The number of carbonyl (C=O) groups is 2. The van der Waals surface area contributed by atoms with Gasteiger partial charge in [-0.25, -0.2) is 9.78 Å². The van der Waals surface area contributed by atoms with Gasteiger partial charge in [0.2, 0.25) is 0 Å².